The van der Waals surface area contributed by atoms with Crippen molar-refractivity contribution in [2.45, 2.75) is 97.3 Å². The van der Waals surface area contributed by atoms with Crippen molar-refractivity contribution in [2.75, 3.05) is 5.75 Å². The number of rotatable bonds is 15. The Labute approximate surface area is 132 Å². The van der Waals surface area contributed by atoms with Crippen molar-refractivity contribution in [3.8, 4) is 0 Å². The Balaban J connectivity index is 3.06. The summed E-state index contributed by atoms with van der Waals surface area (Å²) in [6, 6.07) is 0. The molecular formula is C17H36O3S. The van der Waals surface area contributed by atoms with Crippen molar-refractivity contribution >= 4 is 10.1 Å². The van der Waals surface area contributed by atoms with Crippen molar-refractivity contribution in [1.82, 2.24) is 0 Å². The predicted molar refractivity (Wildman–Crippen MR) is 91.3 cm³/mol. The monoisotopic (exact) mass is 320 g/mol. The molecule has 3 nitrogen and oxygen atoms in total. The van der Waals surface area contributed by atoms with E-state index in [0.717, 1.165) is 18.8 Å². The van der Waals surface area contributed by atoms with Gasteiger partial charge in [0, 0.05) is 0 Å². The zero-order valence-electron chi connectivity index (χ0n) is 14.1. The lowest BCUT2D eigenvalue weighted by Gasteiger charge is -2.04. The van der Waals surface area contributed by atoms with Gasteiger partial charge >= 0.3 is 0 Å². The van der Waals surface area contributed by atoms with E-state index >= 15 is 0 Å². The van der Waals surface area contributed by atoms with Crippen LogP contribution in [-0.2, 0) is 10.1 Å². The van der Waals surface area contributed by atoms with Crippen LogP contribution >= 0.6 is 0 Å². The third-order valence-corrected chi connectivity index (χ3v) is 4.74. The van der Waals surface area contributed by atoms with Crippen LogP contribution in [0.4, 0.5) is 0 Å². The third kappa shape index (κ3) is 19.9. The molecule has 0 bridgehead atoms. The number of hydrogen-bond donors (Lipinski definition) is 1. The first-order chi connectivity index (χ1) is 9.92. The molecule has 0 spiro atoms. The summed E-state index contributed by atoms with van der Waals surface area (Å²) in [5.41, 5.74) is 0. The molecule has 0 unspecified atom stereocenters. The van der Waals surface area contributed by atoms with Gasteiger partial charge in [-0.15, -0.1) is 0 Å². The van der Waals surface area contributed by atoms with Crippen LogP contribution in [-0.4, -0.2) is 18.7 Å². The van der Waals surface area contributed by atoms with Crippen LogP contribution in [0, 0.1) is 5.92 Å². The fraction of sp³-hybridized carbons (Fsp3) is 1.00. The molecule has 0 amide bonds. The molecule has 0 fully saturated rings. The summed E-state index contributed by atoms with van der Waals surface area (Å²) < 4.78 is 29.6. The molecule has 0 atom stereocenters. The minimum absolute atomic E-state index is 0.0796. The van der Waals surface area contributed by atoms with Gasteiger partial charge in [-0.3, -0.25) is 4.55 Å². The standard InChI is InChI=1S/C17H36O3S/c1-17(2)15-13-11-9-7-5-3-4-6-8-10-12-14-16-21(18,19)20/h17H,3-16H2,1-2H3,(H,18,19,20). The van der Waals surface area contributed by atoms with E-state index in [1.54, 1.807) is 0 Å². The number of hydrogen-bond acceptors (Lipinski definition) is 2. The summed E-state index contributed by atoms with van der Waals surface area (Å²) in [4.78, 5) is 0. The Morgan fingerprint density at radius 2 is 1.00 bits per heavy atom. The average Bonchev–Trinajstić information content (AvgIpc) is 2.37. The van der Waals surface area contributed by atoms with E-state index in [1.165, 1.54) is 64.2 Å². The highest BCUT2D eigenvalue weighted by molar-refractivity contribution is 7.85. The highest BCUT2D eigenvalue weighted by Crippen LogP contribution is 2.14. The van der Waals surface area contributed by atoms with E-state index in [4.69, 9.17) is 4.55 Å². The molecule has 0 radical (unpaired) electrons. The van der Waals surface area contributed by atoms with Crippen LogP contribution in [0.25, 0.3) is 0 Å². The highest BCUT2D eigenvalue weighted by atomic mass is 32.2. The smallest absolute Gasteiger partial charge is 0.264 e. The van der Waals surface area contributed by atoms with E-state index in [-0.39, 0.29) is 5.75 Å². The maximum atomic E-state index is 10.5. The van der Waals surface area contributed by atoms with Crippen molar-refractivity contribution in [1.29, 1.82) is 0 Å². The van der Waals surface area contributed by atoms with Gasteiger partial charge in [0.25, 0.3) is 10.1 Å². The van der Waals surface area contributed by atoms with Crippen molar-refractivity contribution < 1.29 is 13.0 Å². The first kappa shape index (κ1) is 20.9. The van der Waals surface area contributed by atoms with Crippen LogP contribution in [0.3, 0.4) is 0 Å². The molecule has 0 aliphatic carbocycles. The summed E-state index contributed by atoms with van der Waals surface area (Å²) in [6.45, 7) is 4.59. The van der Waals surface area contributed by atoms with Crippen LogP contribution < -0.4 is 0 Å². The number of unbranched alkanes of at least 4 members (excludes halogenated alkanes) is 11. The topological polar surface area (TPSA) is 54.4 Å². The first-order valence-corrected chi connectivity index (χ1v) is 10.5. The van der Waals surface area contributed by atoms with Gasteiger partial charge in [0.15, 0.2) is 0 Å². The van der Waals surface area contributed by atoms with Crippen LogP contribution in [0.1, 0.15) is 97.3 Å². The Kier molecular flexibility index (Phi) is 13.5. The molecule has 0 aromatic heterocycles. The zero-order chi connectivity index (χ0) is 16.0. The van der Waals surface area contributed by atoms with E-state index in [1.807, 2.05) is 0 Å². The fourth-order valence-corrected chi connectivity index (χ4v) is 3.17. The molecule has 0 aliphatic heterocycles. The van der Waals surface area contributed by atoms with Gasteiger partial charge in [-0.25, -0.2) is 0 Å². The van der Waals surface area contributed by atoms with E-state index in [0.29, 0.717) is 6.42 Å². The maximum absolute atomic E-state index is 10.5. The van der Waals surface area contributed by atoms with E-state index in [9.17, 15) is 8.42 Å². The second-order valence-corrected chi connectivity index (χ2v) is 8.28. The summed E-state index contributed by atoms with van der Waals surface area (Å²) >= 11 is 0. The minimum Gasteiger partial charge on any atom is -0.286 e. The minimum atomic E-state index is -3.74. The third-order valence-electron chi connectivity index (χ3n) is 3.93. The van der Waals surface area contributed by atoms with Gasteiger partial charge in [-0.1, -0.05) is 90.9 Å². The Bertz CT molecular complexity index is 310. The SMILES string of the molecule is CC(C)CCCCCCCCCCCCCCS(=O)(=O)O. The first-order valence-electron chi connectivity index (χ1n) is 8.87. The molecule has 0 saturated carbocycles. The van der Waals surface area contributed by atoms with Crippen molar-refractivity contribution in [3.63, 3.8) is 0 Å². The van der Waals surface area contributed by atoms with Gasteiger partial charge in [-0.05, 0) is 12.3 Å². The van der Waals surface area contributed by atoms with E-state index < -0.39 is 10.1 Å². The van der Waals surface area contributed by atoms with E-state index in [2.05, 4.69) is 13.8 Å². The highest BCUT2D eigenvalue weighted by Gasteiger charge is 2.02. The second kappa shape index (κ2) is 13.6. The maximum Gasteiger partial charge on any atom is 0.264 e. The second-order valence-electron chi connectivity index (χ2n) is 6.71. The lowest BCUT2D eigenvalue weighted by Crippen LogP contribution is -2.03. The largest absolute Gasteiger partial charge is 0.286 e. The Hall–Kier alpha value is -0.0900. The normalized spacial score (nSPS) is 12.2. The zero-order valence-corrected chi connectivity index (χ0v) is 15.0. The van der Waals surface area contributed by atoms with Gasteiger partial charge in [0.05, 0.1) is 5.75 Å². The summed E-state index contributed by atoms with van der Waals surface area (Å²) in [6.07, 6.45) is 16.0. The Morgan fingerprint density at radius 3 is 1.33 bits per heavy atom. The van der Waals surface area contributed by atoms with Gasteiger partial charge in [-0.2, -0.15) is 8.42 Å². The van der Waals surface area contributed by atoms with Crippen LogP contribution in [0.2, 0.25) is 0 Å². The van der Waals surface area contributed by atoms with Gasteiger partial charge in [0.2, 0.25) is 0 Å². The van der Waals surface area contributed by atoms with Gasteiger partial charge in [0.1, 0.15) is 0 Å². The lowest BCUT2D eigenvalue weighted by atomic mass is 10.0. The molecule has 0 aliphatic rings. The summed E-state index contributed by atoms with van der Waals surface area (Å²) in [7, 11) is -3.74. The predicted octanol–water partition coefficient (Wildman–Crippen LogP) is 5.60. The molecule has 128 valence electrons. The summed E-state index contributed by atoms with van der Waals surface area (Å²) in [5, 5.41) is 0. The molecule has 21 heavy (non-hydrogen) atoms. The fourth-order valence-electron chi connectivity index (χ4n) is 2.60. The van der Waals surface area contributed by atoms with Crippen LogP contribution in [0.15, 0.2) is 0 Å². The van der Waals surface area contributed by atoms with Crippen molar-refractivity contribution in [3.05, 3.63) is 0 Å². The Morgan fingerprint density at radius 1 is 0.667 bits per heavy atom. The molecule has 0 aromatic rings. The average molecular weight is 321 g/mol. The van der Waals surface area contributed by atoms with Crippen molar-refractivity contribution in [2.24, 2.45) is 5.92 Å². The quantitative estimate of drug-likeness (QED) is 0.315. The molecule has 0 rings (SSSR count). The molecular weight excluding hydrogens is 284 g/mol. The van der Waals surface area contributed by atoms with Crippen LogP contribution in [0.5, 0.6) is 0 Å². The molecule has 0 saturated heterocycles. The van der Waals surface area contributed by atoms with Gasteiger partial charge < -0.3 is 0 Å². The molecule has 0 aromatic carbocycles. The molecule has 1 N–H and O–H groups in total. The summed E-state index contributed by atoms with van der Waals surface area (Å²) in [5.74, 6) is 0.770. The lowest BCUT2D eigenvalue weighted by molar-refractivity contribution is 0.478. The molecule has 0 heterocycles. The molecule has 4 heteroatoms.